The molecular formula is C18H23NO3. The summed E-state index contributed by atoms with van der Waals surface area (Å²) in [5.74, 6) is -0.0641. The van der Waals surface area contributed by atoms with Crippen LogP contribution in [-0.4, -0.2) is 42.9 Å². The van der Waals surface area contributed by atoms with Crippen LogP contribution in [0.15, 0.2) is 24.3 Å². The van der Waals surface area contributed by atoms with E-state index in [4.69, 9.17) is 9.47 Å². The second-order valence-electron chi connectivity index (χ2n) is 6.58. The number of carbonyl (C=O) groups is 1. The largest absolute Gasteiger partial charge is 0.347 e. The third-order valence-electron chi connectivity index (χ3n) is 5.32. The average molecular weight is 301 g/mol. The number of fused-ring (bicyclic) bond motifs is 1. The van der Waals surface area contributed by atoms with Gasteiger partial charge in [0.25, 0.3) is 0 Å². The van der Waals surface area contributed by atoms with Crippen LogP contribution in [0.1, 0.15) is 42.7 Å². The summed E-state index contributed by atoms with van der Waals surface area (Å²) in [7, 11) is 0. The maximum atomic E-state index is 13.0. The molecule has 1 spiro atoms. The van der Waals surface area contributed by atoms with Crippen LogP contribution in [-0.2, 0) is 20.7 Å². The molecular weight excluding hydrogens is 278 g/mol. The zero-order valence-electron chi connectivity index (χ0n) is 12.9. The van der Waals surface area contributed by atoms with Crippen molar-refractivity contribution in [2.75, 3.05) is 26.3 Å². The van der Waals surface area contributed by atoms with Gasteiger partial charge in [0.2, 0.25) is 5.91 Å². The molecule has 0 aromatic heterocycles. The summed E-state index contributed by atoms with van der Waals surface area (Å²) >= 11 is 0. The van der Waals surface area contributed by atoms with Crippen molar-refractivity contribution >= 4 is 5.91 Å². The fraction of sp³-hybridized carbons (Fsp3) is 0.611. The first kappa shape index (κ1) is 14.2. The van der Waals surface area contributed by atoms with E-state index in [1.165, 1.54) is 11.1 Å². The monoisotopic (exact) mass is 301 g/mol. The van der Waals surface area contributed by atoms with E-state index in [-0.39, 0.29) is 5.92 Å². The molecule has 1 aromatic rings. The Morgan fingerprint density at radius 1 is 1.14 bits per heavy atom. The van der Waals surface area contributed by atoms with Crippen molar-refractivity contribution < 1.29 is 14.3 Å². The van der Waals surface area contributed by atoms with E-state index in [9.17, 15) is 4.79 Å². The molecule has 0 radical (unpaired) electrons. The zero-order valence-corrected chi connectivity index (χ0v) is 12.9. The van der Waals surface area contributed by atoms with Crippen molar-refractivity contribution in [2.24, 2.45) is 0 Å². The van der Waals surface area contributed by atoms with Crippen molar-refractivity contribution in [3.63, 3.8) is 0 Å². The molecule has 0 N–H and O–H groups in total. The Morgan fingerprint density at radius 3 is 2.64 bits per heavy atom. The molecule has 4 rings (SSSR count). The van der Waals surface area contributed by atoms with Gasteiger partial charge < -0.3 is 14.4 Å². The molecule has 1 unspecified atom stereocenters. The zero-order chi connectivity index (χ0) is 15.0. The molecule has 1 atom stereocenters. The lowest BCUT2D eigenvalue weighted by molar-refractivity contribution is -0.187. The van der Waals surface area contributed by atoms with Crippen LogP contribution in [0.3, 0.4) is 0 Å². The van der Waals surface area contributed by atoms with Gasteiger partial charge in [0.05, 0.1) is 19.1 Å². The van der Waals surface area contributed by atoms with Gasteiger partial charge in [-0.15, -0.1) is 0 Å². The molecule has 1 aromatic carbocycles. The molecule has 1 amide bonds. The topological polar surface area (TPSA) is 38.8 Å². The molecule has 22 heavy (non-hydrogen) atoms. The van der Waals surface area contributed by atoms with E-state index in [1.807, 2.05) is 4.90 Å². The lowest BCUT2D eigenvalue weighted by Gasteiger charge is -2.39. The predicted octanol–water partition coefficient (Wildman–Crippen LogP) is 2.47. The van der Waals surface area contributed by atoms with Crippen LogP contribution in [0.2, 0.25) is 0 Å². The van der Waals surface area contributed by atoms with E-state index in [0.29, 0.717) is 19.1 Å². The molecule has 118 valence electrons. The second kappa shape index (κ2) is 5.67. The summed E-state index contributed by atoms with van der Waals surface area (Å²) < 4.78 is 11.5. The summed E-state index contributed by atoms with van der Waals surface area (Å²) in [6, 6.07) is 8.42. The summed E-state index contributed by atoms with van der Waals surface area (Å²) in [6.07, 6.45) is 4.78. The number of likely N-dealkylation sites (tertiary alicyclic amines) is 1. The molecule has 2 saturated heterocycles. The smallest absolute Gasteiger partial charge is 0.230 e. The molecule has 2 aliphatic heterocycles. The number of benzene rings is 1. The third kappa shape index (κ3) is 2.44. The summed E-state index contributed by atoms with van der Waals surface area (Å²) in [5, 5.41) is 0. The highest BCUT2D eigenvalue weighted by Gasteiger charge is 2.42. The maximum absolute atomic E-state index is 13.0. The molecule has 2 fully saturated rings. The van der Waals surface area contributed by atoms with E-state index in [1.54, 1.807) is 0 Å². The lowest BCUT2D eigenvalue weighted by atomic mass is 9.81. The minimum absolute atomic E-state index is 0.0458. The quantitative estimate of drug-likeness (QED) is 0.800. The predicted molar refractivity (Wildman–Crippen MR) is 82.6 cm³/mol. The van der Waals surface area contributed by atoms with Crippen molar-refractivity contribution in [2.45, 2.75) is 43.8 Å². The SMILES string of the molecule is O=C(C1CCCc2ccccc21)N1CCC2(CC1)OCCO2. The molecule has 0 saturated carbocycles. The van der Waals surface area contributed by atoms with Crippen molar-refractivity contribution in [1.29, 1.82) is 0 Å². The van der Waals surface area contributed by atoms with Crippen LogP contribution < -0.4 is 0 Å². The van der Waals surface area contributed by atoms with Crippen LogP contribution in [0.5, 0.6) is 0 Å². The van der Waals surface area contributed by atoms with Gasteiger partial charge in [0.15, 0.2) is 5.79 Å². The lowest BCUT2D eigenvalue weighted by Crippen LogP contribution is -2.48. The number of piperidine rings is 1. The van der Waals surface area contributed by atoms with Gasteiger partial charge in [0.1, 0.15) is 0 Å². The van der Waals surface area contributed by atoms with Crippen LogP contribution in [0.4, 0.5) is 0 Å². The van der Waals surface area contributed by atoms with Crippen LogP contribution >= 0.6 is 0 Å². The van der Waals surface area contributed by atoms with Gasteiger partial charge in [-0.3, -0.25) is 4.79 Å². The molecule has 2 heterocycles. The molecule has 0 bridgehead atoms. The number of rotatable bonds is 1. The average Bonchev–Trinajstić information content (AvgIpc) is 3.02. The molecule has 3 aliphatic rings. The maximum Gasteiger partial charge on any atom is 0.230 e. The molecule has 4 nitrogen and oxygen atoms in total. The van der Waals surface area contributed by atoms with E-state index < -0.39 is 5.79 Å². The Morgan fingerprint density at radius 2 is 1.86 bits per heavy atom. The molecule has 4 heteroatoms. The third-order valence-corrected chi connectivity index (χ3v) is 5.32. The fourth-order valence-electron chi connectivity index (χ4n) is 4.08. The highest BCUT2D eigenvalue weighted by molar-refractivity contribution is 5.84. The highest BCUT2D eigenvalue weighted by Crippen LogP contribution is 2.36. The number of nitrogens with zero attached hydrogens (tertiary/aromatic N) is 1. The van der Waals surface area contributed by atoms with Crippen molar-refractivity contribution in [1.82, 2.24) is 4.90 Å². The van der Waals surface area contributed by atoms with E-state index in [2.05, 4.69) is 24.3 Å². The number of hydrogen-bond acceptors (Lipinski definition) is 3. The number of amides is 1. The Bertz CT molecular complexity index is 555. The minimum atomic E-state index is -0.402. The Labute approximate surface area is 131 Å². The Hall–Kier alpha value is -1.39. The summed E-state index contributed by atoms with van der Waals surface area (Å²) in [4.78, 5) is 15.0. The normalized spacial score (nSPS) is 26.9. The van der Waals surface area contributed by atoms with E-state index >= 15 is 0 Å². The first-order valence-corrected chi connectivity index (χ1v) is 8.42. The standard InChI is InChI=1S/C18H23NO3/c20-17(16-7-3-5-14-4-1-2-6-15(14)16)19-10-8-18(9-11-19)21-12-13-22-18/h1-2,4,6,16H,3,5,7-13H2. The van der Waals surface area contributed by atoms with Gasteiger partial charge in [-0.25, -0.2) is 0 Å². The van der Waals surface area contributed by atoms with Crippen LogP contribution in [0.25, 0.3) is 0 Å². The van der Waals surface area contributed by atoms with Crippen molar-refractivity contribution in [3.8, 4) is 0 Å². The fourth-order valence-corrected chi connectivity index (χ4v) is 4.08. The summed E-state index contributed by atoms with van der Waals surface area (Å²) in [5.41, 5.74) is 2.59. The van der Waals surface area contributed by atoms with Gasteiger partial charge in [-0.2, -0.15) is 0 Å². The van der Waals surface area contributed by atoms with Gasteiger partial charge in [-0.1, -0.05) is 24.3 Å². The Kier molecular flexibility index (Phi) is 3.66. The van der Waals surface area contributed by atoms with Gasteiger partial charge in [-0.05, 0) is 30.4 Å². The first-order valence-electron chi connectivity index (χ1n) is 8.42. The second-order valence-corrected chi connectivity index (χ2v) is 6.58. The highest BCUT2D eigenvalue weighted by atomic mass is 16.7. The van der Waals surface area contributed by atoms with Crippen molar-refractivity contribution in [3.05, 3.63) is 35.4 Å². The molecule has 1 aliphatic carbocycles. The van der Waals surface area contributed by atoms with E-state index in [0.717, 1.165) is 45.2 Å². The minimum Gasteiger partial charge on any atom is -0.347 e. The first-order chi connectivity index (χ1) is 10.8. The number of ether oxygens (including phenoxy) is 2. The number of carbonyl (C=O) groups excluding carboxylic acids is 1. The Balaban J connectivity index is 1.47. The summed E-state index contributed by atoms with van der Waals surface area (Å²) in [6.45, 7) is 2.86. The van der Waals surface area contributed by atoms with Gasteiger partial charge in [0, 0.05) is 25.9 Å². The van der Waals surface area contributed by atoms with Gasteiger partial charge >= 0.3 is 0 Å². The van der Waals surface area contributed by atoms with Crippen LogP contribution in [0, 0.1) is 0 Å². The number of aryl methyl sites for hydroxylation is 1. The number of hydrogen-bond donors (Lipinski definition) is 0.